The first-order valence-corrected chi connectivity index (χ1v) is 17.9. The molecule has 234 valence electrons. The van der Waals surface area contributed by atoms with Gasteiger partial charge in [-0.2, -0.15) is 0 Å². The lowest BCUT2D eigenvalue weighted by Crippen LogP contribution is -2.45. The summed E-state index contributed by atoms with van der Waals surface area (Å²) in [6.45, 7) is 6.73. The summed E-state index contributed by atoms with van der Waals surface area (Å²) in [6.07, 6.45) is 1.70. The lowest BCUT2D eigenvalue weighted by Gasteiger charge is -2.31. The van der Waals surface area contributed by atoms with Gasteiger partial charge in [-0.15, -0.1) is 5.10 Å². The molecule has 0 radical (unpaired) electrons. The van der Waals surface area contributed by atoms with Crippen molar-refractivity contribution in [3.8, 4) is 5.75 Å². The van der Waals surface area contributed by atoms with Gasteiger partial charge in [0.05, 0.1) is 37.7 Å². The summed E-state index contributed by atoms with van der Waals surface area (Å²) in [5.41, 5.74) is 1.72. The summed E-state index contributed by atoms with van der Waals surface area (Å²) in [4.78, 5) is 30.2. The highest BCUT2D eigenvalue weighted by Crippen LogP contribution is 2.60. The zero-order valence-electron chi connectivity index (χ0n) is 25.4. The average Bonchev–Trinajstić information content (AvgIpc) is 3.75. The number of carbonyl (C=O) groups excluding carboxylic acids is 2. The maximum Gasteiger partial charge on any atom is 0.414 e. The molecular formula is C31H38FN5O6Si. The Labute approximate surface area is 256 Å². The Bertz CT molecular complexity index is 1560. The van der Waals surface area contributed by atoms with Crippen LogP contribution in [0.4, 0.5) is 20.3 Å². The Hall–Kier alpha value is -3.81. The Kier molecular flexibility index (Phi) is 7.97. The van der Waals surface area contributed by atoms with E-state index in [0.29, 0.717) is 60.9 Å². The number of rotatable bonds is 10. The van der Waals surface area contributed by atoms with Crippen LogP contribution in [0.2, 0.25) is 18.6 Å². The molecule has 2 amide bonds. The van der Waals surface area contributed by atoms with E-state index in [-0.39, 0.29) is 19.1 Å². The lowest BCUT2D eigenvalue weighted by molar-refractivity contribution is -0.146. The van der Waals surface area contributed by atoms with Crippen molar-refractivity contribution in [3.63, 3.8) is 0 Å². The number of methoxy groups -OCH3 is 1. The largest absolute Gasteiger partial charge is 0.497 e. The van der Waals surface area contributed by atoms with E-state index >= 15 is 4.11 Å². The first-order chi connectivity index (χ1) is 21.1. The molecule has 3 aliphatic heterocycles. The van der Waals surface area contributed by atoms with Crippen LogP contribution < -0.4 is 14.5 Å². The Morgan fingerprint density at radius 2 is 2.02 bits per heavy atom. The molecule has 3 aromatic rings. The van der Waals surface area contributed by atoms with Crippen LogP contribution in [0.5, 0.6) is 5.75 Å². The van der Waals surface area contributed by atoms with Crippen molar-refractivity contribution in [2.75, 3.05) is 36.7 Å². The third-order valence-electron chi connectivity index (χ3n) is 9.09. The van der Waals surface area contributed by atoms with Crippen molar-refractivity contribution in [1.82, 2.24) is 15.0 Å². The van der Waals surface area contributed by atoms with Crippen LogP contribution in [0.3, 0.4) is 0 Å². The van der Waals surface area contributed by atoms with Crippen LogP contribution in [-0.2, 0) is 39.4 Å². The van der Waals surface area contributed by atoms with Crippen molar-refractivity contribution < 1.29 is 33.0 Å². The number of anilines is 2. The molecule has 4 heterocycles. The average molecular weight is 624 g/mol. The van der Waals surface area contributed by atoms with Gasteiger partial charge in [0, 0.05) is 48.5 Å². The fourth-order valence-corrected chi connectivity index (χ4v) is 9.69. The van der Waals surface area contributed by atoms with Gasteiger partial charge in [0.25, 0.3) is 5.91 Å². The number of aromatic nitrogens is 3. The Balaban J connectivity index is 1.34. The minimum Gasteiger partial charge on any atom is -0.497 e. The second-order valence-electron chi connectivity index (χ2n) is 12.2. The quantitative estimate of drug-likeness (QED) is 0.264. The molecule has 2 fully saturated rings. The van der Waals surface area contributed by atoms with Gasteiger partial charge in [0.1, 0.15) is 12.4 Å². The van der Waals surface area contributed by atoms with Gasteiger partial charge >= 0.3 is 6.09 Å². The molecular weight excluding hydrogens is 585 g/mol. The standard InChI is InChI=1S/C31H38FN5O6Si/c1-20-28(44(3,4)32)27(10-12-35-19-22(11-14-38)33-34-35)43-31(20)25-17-24(41-2)8-9-26(25)37(29(31)39)18-21-6-5-7-23(16-21)36-13-15-42-30(36)40/h5-9,16-17,19-20,27-28,38H,10-15,18H2,1-4H3/t20-,27+,28-,31+/m1/s1. The highest BCUT2D eigenvalue weighted by molar-refractivity contribution is 6.72. The highest BCUT2D eigenvalue weighted by atomic mass is 28.4. The number of hydrogen-bond donors (Lipinski definition) is 1. The van der Waals surface area contributed by atoms with Crippen molar-refractivity contribution >= 4 is 31.8 Å². The van der Waals surface area contributed by atoms with E-state index in [2.05, 4.69) is 10.3 Å². The van der Waals surface area contributed by atoms with Gasteiger partial charge < -0.3 is 28.3 Å². The summed E-state index contributed by atoms with van der Waals surface area (Å²) in [7, 11) is -1.77. The van der Waals surface area contributed by atoms with E-state index < -0.39 is 37.7 Å². The second kappa shape index (κ2) is 11.6. The Morgan fingerprint density at radius 3 is 2.73 bits per heavy atom. The number of aryl methyl sites for hydroxylation is 1. The summed E-state index contributed by atoms with van der Waals surface area (Å²) < 4.78 is 35.4. The molecule has 1 N–H and O–H groups in total. The number of amides is 2. The van der Waals surface area contributed by atoms with E-state index in [1.807, 2.05) is 49.4 Å². The second-order valence-corrected chi connectivity index (χ2v) is 16.0. The van der Waals surface area contributed by atoms with Crippen LogP contribution in [0, 0.1) is 5.92 Å². The molecule has 2 saturated heterocycles. The van der Waals surface area contributed by atoms with Gasteiger partial charge in [-0.3, -0.25) is 14.4 Å². The van der Waals surface area contributed by atoms with Gasteiger partial charge in [0.15, 0.2) is 5.60 Å². The molecule has 1 aromatic heterocycles. The summed E-state index contributed by atoms with van der Waals surface area (Å²) >= 11 is 0. The fourth-order valence-electron chi connectivity index (χ4n) is 7.15. The maximum atomic E-state index is 16.2. The summed E-state index contributed by atoms with van der Waals surface area (Å²) in [5, 5.41) is 17.5. The number of aliphatic hydroxyl groups is 1. The minimum absolute atomic E-state index is 0.0231. The zero-order valence-corrected chi connectivity index (χ0v) is 26.4. The molecule has 11 nitrogen and oxygen atoms in total. The van der Waals surface area contributed by atoms with Gasteiger partial charge in [-0.1, -0.05) is 24.3 Å². The number of fused-ring (bicyclic) bond motifs is 2. The van der Waals surface area contributed by atoms with E-state index in [0.717, 1.165) is 5.56 Å². The number of cyclic esters (lactones) is 1. The molecule has 0 aliphatic carbocycles. The predicted molar refractivity (Wildman–Crippen MR) is 163 cm³/mol. The summed E-state index contributed by atoms with van der Waals surface area (Å²) in [5.74, 6) is -0.108. The minimum atomic E-state index is -3.34. The molecule has 44 heavy (non-hydrogen) atoms. The van der Waals surface area contributed by atoms with Crippen LogP contribution >= 0.6 is 0 Å². The van der Waals surface area contributed by atoms with Gasteiger partial charge in [-0.25, -0.2) is 4.79 Å². The molecule has 13 heteroatoms. The molecule has 4 atom stereocenters. The van der Waals surface area contributed by atoms with Crippen molar-refractivity contribution in [3.05, 3.63) is 65.5 Å². The number of carbonyl (C=O) groups is 2. The lowest BCUT2D eigenvalue weighted by atomic mass is 9.82. The number of nitrogens with zero attached hydrogens (tertiary/aromatic N) is 5. The monoisotopic (exact) mass is 623 g/mol. The predicted octanol–water partition coefficient (Wildman–Crippen LogP) is 4.19. The molecule has 0 saturated carbocycles. The highest BCUT2D eigenvalue weighted by Gasteiger charge is 2.66. The topological polar surface area (TPSA) is 119 Å². The van der Waals surface area contributed by atoms with Crippen LogP contribution in [0.25, 0.3) is 0 Å². The van der Waals surface area contributed by atoms with Gasteiger partial charge in [-0.05, 0) is 55.4 Å². The number of hydrogen-bond acceptors (Lipinski definition) is 8. The van der Waals surface area contributed by atoms with Crippen molar-refractivity contribution in [1.29, 1.82) is 0 Å². The smallest absolute Gasteiger partial charge is 0.414 e. The maximum absolute atomic E-state index is 16.2. The first-order valence-electron chi connectivity index (χ1n) is 15.0. The zero-order chi connectivity index (χ0) is 31.2. The van der Waals surface area contributed by atoms with E-state index in [1.54, 1.807) is 40.9 Å². The first kappa shape index (κ1) is 30.2. The van der Waals surface area contributed by atoms with E-state index in [1.165, 1.54) is 0 Å². The SMILES string of the molecule is COc1ccc2c(c1)[C@]1(O[C@@H](CCn3cc(CCO)nn3)[C@H]([Si](C)(C)F)[C@H]1C)C(=O)N2Cc1cccc(N2CCOC2=O)c1. The van der Waals surface area contributed by atoms with Gasteiger partial charge in [0.2, 0.25) is 8.41 Å². The third kappa shape index (κ3) is 5.16. The normalized spacial score (nSPS) is 24.8. The molecule has 3 aliphatic rings. The summed E-state index contributed by atoms with van der Waals surface area (Å²) in [6, 6.07) is 13.0. The molecule has 6 rings (SSSR count). The van der Waals surface area contributed by atoms with Crippen LogP contribution in [0.15, 0.2) is 48.7 Å². The van der Waals surface area contributed by atoms with E-state index in [4.69, 9.17) is 14.2 Å². The van der Waals surface area contributed by atoms with Crippen molar-refractivity contribution in [2.45, 2.75) is 63.2 Å². The molecule has 0 unspecified atom stereocenters. The molecule has 1 spiro atoms. The van der Waals surface area contributed by atoms with Crippen LogP contribution in [-0.4, -0.2) is 73.5 Å². The van der Waals surface area contributed by atoms with Crippen molar-refractivity contribution in [2.24, 2.45) is 5.92 Å². The molecule has 0 bridgehead atoms. The Morgan fingerprint density at radius 1 is 1.20 bits per heavy atom. The van der Waals surface area contributed by atoms with E-state index in [9.17, 15) is 14.7 Å². The number of ether oxygens (including phenoxy) is 3. The number of halogens is 1. The molecule has 2 aromatic carbocycles. The number of benzene rings is 2. The fraction of sp³-hybridized carbons (Fsp3) is 0.484. The number of aliphatic hydroxyl groups excluding tert-OH is 1. The van der Waals surface area contributed by atoms with Crippen LogP contribution in [0.1, 0.15) is 30.2 Å². The third-order valence-corrected chi connectivity index (χ3v) is 11.5.